The van der Waals surface area contributed by atoms with E-state index in [9.17, 15) is 14.4 Å². The Bertz CT molecular complexity index is 1070. The molecule has 1 atom stereocenters. The van der Waals surface area contributed by atoms with Gasteiger partial charge in [-0.1, -0.05) is 17.7 Å². The Kier molecular flexibility index (Phi) is 9.15. The van der Waals surface area contributed by atoms with Crippen LogP contribution >= 0.6 is 22.9 Å². The molecular weight excluding hydrogens is 488 g/mol. The first-order valence-electron chi connectivity index (χ1n) is 11.6. The Morgan fingerprint density at radius 3 is 2.49 bits per heavy atom. The zero-order chi connectivity index (χ0) is 25.6. The summed E-state index contributed by atoms with van der Waals surface area (Å²) in [6.07, 6.45) is 1.49. The highest BCUT2D eigenvalue weighted by Gasteiger charge is 2.24. The highest BCUT2D eigenvalue weighted by atomic mass is 35.5. The van der Waals surface area contributed by atoms with Gasteiger partial charge in [0.1, 0.15) is 11.6 Å². The Morgan fingerprint density at radius 1 is 1.11 bits per heavy atom. The maximum atomic E-state index is 13.2. The smallest absolute Gasteiger partial charge is 0.407 e. The average molecular weight is 521 g/mol. The molecule has 0 aliphatic carbocycles. The van der Waals surface area contributed by atoms with Gasteiger partial charge in [0, 0.05) is 25.3 Å². The first kappa shape index (κ1) is 27.0. The van der Waals surface area contributed by atoms with E-state index in [2.05, 4.69) is 34.0 Å². The van der Waals surface area contributed by atoms with Gasteiger partial charge in [-0.3, -0.25) is 9.59 Å². The molecule has 2 heterocycles. The summed E-state index contributed by atoms with van der Waals surface area (Å²) in [6, 6.07) is 8.31. The number of fused-ring (bicyclic) bond motifs is 1. The van der Waals surface area contributed by atoms with Crippen molar-refractivity contribution in [2.75, 3.05) is 32.0 Å². The number of hydrogen-bond donors (Lipinski definition) is 3. The summed E-state index contributed by atoms with van der Waals surface area (Å²) in [5, 5.41) is 8.34. The maximum Gasteiger partial charge on any atom is 0.407 e. The van der Waals surface area contributed by atoms with Gasteiger partial charge in [0.05, 0.1) is 9.21 Å². The van der Waals surface area contributed by atoms with Crippen molar-refractivity contribution in [1.29, 1.82) is 0 Å². The lowest BCUT2D eigenvalue weighted by molar-refractivity contribution is -0.118. The number of ether oxygens (including phenoxy) is 1. The molecule has 1 aromatic heterocycles. The zero-order valence-corrected chi connectivity index (χ0v) is 22.1. The molecule has 0 radical (unpaired) electrons. The Morgan fingerprint density at radius 2 is 1.83 bits per heavy atom. The van der Waals surface area contributed by atoms with E-state index in [4.69, 9.17) is 16.3 Å². The highest BCUT2D eigenvalue weighted by molar-refractivity contribution is 7.18. The molecule has 0 bridgehead atoms. The molecule has 0 saturated heterocycles. The van der Waals surface area contributed by atoms with Crippen LogP contribution in [0.4, 0.5) is 10.5 Å². The Hall–Kier alpha value is -2.62. The summed E-state index contributed by atoms with van der Waals surface area (Å²) in [7, 11) is 2.11. The predicted molar refractivity (Wildman–Crippen MR) is 139 cm³/mol. The van der Waals surface area contributed by atoms with E-state index >= 15 is 0 Å². The number of nitrogens with zero attached hydrogens (tertiary/aromatic N) is 1. The lowest BCUT2D eigenvalue weighted by Crippen LogP contribution is -2.46. The van der Waals surface area contributed by atoms with Crippen molar-refractivity contribution >= 4 is 46.5 Å². The van der Waals surface area contributed by atoms with Crippen LogP contribution in [0, 0.1) is 0 Å². The Labute approximate surface area is 215 Å². The van der Waals surface area contributed by atoms with Gasteiger partial charge in [-0.25, -0.2) is 4.79 Å². The molecule has 3 N–H and O–H groups in total. The number of thiophene rings is 1. The lowest BCUT2D eigenvalue weighted by atomic mass is 10.0. The normalized spacial score (nSPS) is 14.9. The van der Waals surface area contributed by atoms with Crippen LogP contribution in [0.5, 0.6) is 0 Å². The van der Waals surface area contributed by atoms with Gasteiger partial charge < -0.3 is 25.6 Å². The van der Waals surface area contributed by atoms with Crippen molar-refractivity contribution in [2.24, 2.45) is 0 Å². The predicted octanol–water partition coefficient (Wildman–Crippen LogP) is 4.08. The number of alkyl carbamates (subject to hydrolysis) is 1. The van der Waals surface area contributed by atoms with Gasteiger partial charge in [0.15, 0.2) is 0 Å². The average Bonchev–Trinajstić information content (AvgIpc) is 3.12. The summed E-state index contributed by atoms with van der Waals surface area (Å²) in [4.78, 5) is 40.6. The van der Waals surface area contributed by atoms with E-state index in [1.807, 2.05) is 12.1 Å². The fourth-order valence-corrected chi connectivity index (χ4v) is 4.66. The largest absolute Gasteiger partial charge is 0.444 e. The zero-order valence-electron chi connectivity index (χ0n) is 20.6. The molecule has 1 unspecified atom stereocenters. The molecule has 0 saturated carbocycles. The van der Waals surface area contributed by atoms with Crippen LogP contribution in [0.1, 0.15) is 48.0 Å². The summed E-state index contributed by atoms with van der Waals surface area (Å²) in [5.41, 5.74) is 2.55. The number of amides is 3. The quantitative estimate of drug-likeness (QED) is 0.510. The van der Waals surface area contributed by atoms with Gasteiger partial charge in [-0.2, -0.15) is 0 Å². The first-order valence-corrected chi connectivity index (χ1v) is 12.8. The van der Waals surface area contributed by atoms with Crippen molar-refractivity contribution in [2.45, 2.75) is 51.7 Å². The molecule has 8 nitrogen and oxygen atoms in total. The molecule has 2 aromatic rings. The molecule has 0 fully saturated rings. The van der Waals surface area contributed by atoms with Crippen LogP contribution in [0.3, 0.4) is 0 Å². The summed E-state index contributed by atoms with van der Waals surface area (Å²) in [6.45, 7) is 7.43. The van der Waals surface area contributed by atoms with Crippen LogP contribution < -0.4 is 16.0 Å². The molecular formula is C25H33ClN4O4S. The Balaban J connectivity index is 1.68. The molecule has 3 rings (SSSR count). The van der Waals surface area contributed by atoms with Gasteiger partial charge in [0.2, 0.25) is 5.91 Å². The van der Waals surface area contributed by atoms with Crippen LogP contribution in [0.15, 0.2) is 30.3 Å². The number of benzene rings is 1. The number of anilines is 1. The molecule has 1 aromatic carbocycles. The second-order valence-corrected chi connectivity index (χ2v) is 11.3. The molecule has 1 aliphatic heterocycles. The second kappa shape index (κ2) is 11.9. The molecule has 35 heavy (non-hydrogen) atoms. The SMILES string of the molecule is CN1CCc2ccc(NC(=O)C(CCNC(=O)OC(C)(C)C)NC(=O)c3ccc(Cl)s3)cc2CC1. The lowest BCUT2D eigenvalue weighted by Gasteiger charge is -2.21. The molecule has 1 aliphatic rings. The van der Waals surface area contributed by atoms with Crippen molar-refractivity contribution in [3.8, 4) is 0 Å². The third kappa shape index (κ3) is 8.52. The van der Waals surface area contributed by atoms with Crippen LogP contribution in [-0.4, -0.2) is 61.1 Å². The molecule has 3 amide bonds. The van der Waals surface area contributed by atoms with Crippen molar-refractivity contribution in [3.05, 3.63) is 50.7 Å². The van der Waals surface area contributed by atoms with Gasteiger partial charge >= 0.3 is 6.09 Å². The van der Waals surface area contributed by atoms with Crippen LogP contribution in [0.25, 0.3) is 0 Å². The fourth-order valence-electron chi connectivity index (χ4n) is 3.71. The van der Waals surface area contributed by atoms with Gasteiger partial charge in [-0.15, -0.1) is 11.3 Å². The first-order chi connectivity index (χ1) is 16.5. The van der Waals surface area contributed by atoms with E-state index in [0.717, 1.165) is 37.3 Å². The van der Waals surface area contributed by atoms with E-state index in [1.165, 1.54) is 11.1 Å². The van der Waals surface area contributed by atoms with Crippen molar-refractivity contribution in [1.82, 2.24) is 15.5 Å². The number of hydrogen-bond acceptors (Lipinski definition) is 6. The third-order valence-corrected chi connectivity index (χ3v) is 6.75. The summed E-state index contributed by atoms with van der Waals surface area (Å²) in [5.74, 6) is -0.762. The minimum Gasteiger partial charge on any atom is -0.444 e. The maximum absolute atomic E-state index is 13.2. The van der Waals surface area contributed by atoms with Gasteiger partial charge in [-0.05, 0) is 82.5 Å². The monoisotopic (exact) mass is 520 g/mol. The number of likely N-dealkylation sites (N-methyl/N-ethyl adjacent to an activating group) is 1. The second-order valence-electron chi connectivity index (χ2n) is 9.62. The number of halogens is 1. The summed E-state index contributed by atoms with van der Waals surface area (Å²) < 4.78 is 5.73. The van der Waals surface area contributed by atoms with Crippen molar-refractivity contribution in [3.63, 3.8) is 0 Å². The van der Waals surface area contributed by atoms with Crippen LogP contribution in [-0.2, 0) is 22.4 Å². The van der Waals surface area contributed by atoms with Gasteiger partial charge in [0.25, 0.3) is 5.91 Å². The molecule has 190 valence electrons. The third-order valence-electron chi connectivity index (χ3n) is 5.52. The van der Waals surface area contributed by atoms with E-state index in [0.29, 0.717) is 14.9 Å². The number of nitrogens with one attached hydrogen (secondary N) is 3. The minimum atomic E-state index is -0.872. The highest BCUT2D eigenvalue weighted by Crippen LogP contribution is 2.22. The molecule has 0 spiro atoms. The fraction of sp³-hybridized carbons (Fsp3) is 0.480. The number of carbonyl (C=O) groups excluding carboxylic acids is 3. The molecule has 10 heteroatoms. The summed E-state index contributed by atoms with van der Waals surface area (Å²) >= 11 is 7.09. The van der Waals surface area contributed by atoms with E-state index in [-0.39, 0.29) is 18.9 Å². The number of rotatable bonds is 7. The number of carbonyl (C=O) groups is 3. The van der Waals surface area contributed by atoms with Crippen molar-refractivity contribution < 1.29 is 19.1 Å². The minimum absolute atomic E-state index is 0.148. The standard InChI is InChI=1S/C25H33ClN4O4S/c1-25(2,3)34-24(33)27-12-9-19(29-23(32)20-7-8-21(26)35-20)22(31)28-18-6-5-16-10-13-30(4)14-11-17(16)15-18/h5-8,15,19H,9-14H2,1-4H3,(H,27,33)(H,28,31)(H,29,32). The topological polar surface area (TPSA) is 99.8 Å². The van der Waals surface area contributed by atoms with E-state index < -0.39 is 23.6 Å². The van der Waals surface area contributed by atoms with E-state index in [1.54, 1.807) is 32.9 Å². The van der Waals surface area contributed by atoms with Crippen LogP contribution in [0.2, 0.25) is 4.34 Å².